The Hall–Kier alpha value is -2.03. The minimum Gasteiger partial charge on any atom is -0.488 e. The molecule has 0 saturated heterocycles. The second-order valence-electron chi connectivity index (χ2n) is 5.95. The number of carboxylic acid groups (broad SMARTS) is 1. The van der Waals surface area contributed by atoms with E-state index in [-0.39, 0.29) is 12.0 Å². The molecule has 0 spiro atoms. The molecule has 3 heteroatoms. The second-order valence-corrected chi connectivity index (χ2v) is 5.95. The van der Waals surface area contributed by atoms with Gasteiger partial charge in [-0.3, -0.25) is 4.79 Å². The van der Waals surface area contributed by atoms with Crippen molar-refractivity contribution in [2.24, 2.45) is 0 Å². The SMILES string of the molecule is CC(C)(C)Oc1ccc2cc(CCC(=O)O)ccc2c1. The molecule has 0 amide bonds. The zero-order chi connectivity index (χ0) is 14.8. The van der Waals surface area contributed by atoms with Gasteiger partial charge in [0, 0.05) is 6.42 Å². The van der Waals surface area contributed by atoms with Gasteiger partial charge in [-0.2, -0.15) is 0 Å². The highest BCUT2D eigenvalue weighted by Gasteiger charge is 2.11. The van der Waals surface area contributed by atoms with Gasteiger partial charge in [0.05, 0.1) is 0 Å². The van der Waals surface area contributed by atoms with Crippen LogP contribution in [0, 0.1) is 0 Å². The maximum absolute atomic E-state index is 10.6. The molecule has 0 aromatic heterocycles. The molecule has 0 fully saturated rings. The lowest BCUT2D eigenvalue weighted by Gasteiger charge is -2.21. The number of fused-ring (bicyclic) bond motifs is 1. The summed E-state index contributed by atoms with van der Waals surface area (Å²) in [6, 6.07) is 12.0. The fourth-order valence-electron chi connectivity index (χ4n) is 2.10. The molecule has 0 radical (unpaired) electrons. The Morgan fingerprint density at radius 1 is 1.10 bits per heavy atom. The van der Waals surface area contributed by atoms with Gasteiger partial charge in [0.15, 0.2) is 0 Å². The van der Waals surface area contributed by atoms with E-state index in [9.17, 15) is 4.79 Å². The molecule has 0 bridgehead atoms. The van der Waals surface area contributed by atoms with Gasteiger partial charge in [0.2, 0.25) is 0 Å². The Kier molecular flexibility index (Phi) is 3.98. The van der Waals surface area contributed by atoms with Crippen LogP contribution in [0.3, 0.4) is 0 Å². The van der Waals surface area contributed by atoms with Crippen LogP contribution in [0.25, 0.3) is 10.8 Å². The molecule has 0 atom stereocenters. The second kappa shape index (κ2) is 5.53. The van der Waals surface area contributed by atoms with E-state index in [4.69, 9.17) is 9.84 Å². The first-order chi connectivity index (χ1) is 9.33. The van der Waals surface area contributed by atoms with E-state index in [1.54, 1.807) is 0 Å². The van der Waals surface area contributed by atoms with Crippen LogP contribution in [0.1, 0.15) is 32.8 Å². The van der Waals surface area contributed by atoms with Crippen LogP contribution in [-0.4, -0.2) is 16.7 Å². The number of benzene rings is 2. The number of carboxylic acids is 1. The highest BCUT2D eigenvalue weighted by Crippen LogP contribution is 2.25. The van der Waals surface area contributed by atoms with Gasteiger partial charge in [-0.15, -0.1) is 0 Å². The van der Waals surface area contributed by atoms with E-state index >= 15 is 0 Å². The molecule has 2 aromatic rings. The minimum absolute atomic E-state index is 0.163. The van der Waals surface area contributed by atoms with Crippen molar-refractivity contribution < 1.29 is 14.6 Å². The van der Waals surface area contributed by atoms with Crippen molar-refractivity contribution in [2.75, 3.05) is 0 Å². The zero-order valence-electron chi connectivity index (χ0n) is 12.1. The number of carbonyl (C=O) groups is 1. The maximum Gasteiger partial charge on any atom is 0.303 e. The molecule has 0 aliphatic heterocycles. The maximum atomic E-state index is 10.6. The molecule has 1 N–H and O–H groups in total. The van der Waals surface area contributed by atoms with Crippen molar-refractivity contribution in [3.8, 4) is 5.75 Å². The molecule has 106 valence electrons. The number of ether oxygens (including phenoxy) is 1. The molecule has 20 heavy (non-hydrogen) atoms. The summed E-state index contributed by atoms with van der Waals surface area (Å²) in [6.07, 6.45) is 0.724. The van der Waals surface area contributed by atoms with Crippen LogP contribution in [-0.2, 0) is 11.2 Å². The third kappa shape index (κ3) is 3.98. The first-order valence-corrected chi connectivity index (χ1v) is 6.77. The molecule has 3 nitrogen and oxygen atoms in total. The Labute approximate surface area is 119 Å². The van der Waals surface area contributed by atoms with Crippen LogP contribution < -0.4 is 4.74 Å². The van der Waals surface area contributed by atoms with Gasteiger partial charge in [-0.25, -0.2) is 0 Å². The van der Waals surface area contributed by atoms with Gasteiger partial charge >= 0.3 is 5.97 Å². The van der Waals surface area contributed by atoms with Crippen LogP contribution in [0.5, 0.6) is 5.75 Å². The van der Waals surface area contributed by atoms with Crippen LogP contribution >= 0.6 is 0 Å². The topological polar surface area (TPSA) is 46.5 Å². The van der Waals surface area contributed by atoms with E-state index in [2.05, 4.69) is 0 Å². The Bertz CT molecular complexity index is 624. The molecular weight excluding hydrogens is 252 g/mol. The minimum atomic E-state index is -0.765. The molecule has 0 unspecified atom stereocenters. The normalized spacial score (nSPS) is 11.6. The first-order valence-electron chi connectivity index (χ1n) is 6.77. The van der Waals surface area contributed by atoms with Gasteiger partial charge in [0.25, 0.3) is 0 Å². The van der Waals surface area contributed by atoms with E-state index in [1.807, 2.05) is 57.2 Å². The number of aliphatic carboxylic acids is 1. The largest absolute Gasteiger partial charge is 0.488 e. The third-order valence-electron chi connectivity index (χ3n) is 2.93. The van der Waals surface area contributed by atoms with Crippen LogP contribution in [0.4, 0.5) is 0 Å². The fraction of sp³-hybridized carbons (Fsp3) is 0.353. The summed E-state index contributed by atoms with van der Waals surface area (Å²) in [4.78, 5) is 10.6. The molecule has 2 rings (SSSR count). The molecule has 0 heterocycles. The van der Waals surface area contributed by atoms with Crippen molar-refractivity contribution in [2.45, 2.75) is 39.2 Å². The van der Waals surface area contributed by atoms with Gasteiger partial charge < -0.3 is 9.84 Å². The van der Waals surface area contributed by atoms with Crippen LogP contribution in [0.15, 0.2) is 36.4 Å². The lowest BCUT2D eigenvalue weighted by molar-refractivity contribution is -0.136. The summed E-state index contributed by atoms with van der Waals surface area (Å²) in [6.45, 7) is 6.06. The molecule has 0 aliphatic rings. The summed E-state index contributed by atoms with van der Waals surface area (Å²) >= 11 is 0. The predicted octanol–water partition coefficient (Wildman–Crippen LogP) is 4.03. The summed E-state index contributed by atoms with van der Waals surface area (Å²) in [7, 11) is 0. The Morgan fingerprint density at radius 3 is 2.40 bits per heavy atom. The highest BCUT2D eigenvalue weighted by atomic mass is 16.5. The Morgan fingerprint density at radius 2 is 1.75 bits per heavy atom. The van der Waals surface area contributed by atoms with Gasteiger partial charge in [-0.1, -0.05) is 24.3 Å². The average Bonchev–Trinajstić information content (AvgIpc) is 2.34. The monoisotopic (exact) mass is 272 g/mol. The zero-order valence-corrected chi connectivity index (χ0v) is 12.1. The lowest BCUT2D eigenvalue weighted by Crippen LogP contribution is -2.22. The fourth-order valence-corrected chi connectivity index (χ4v) is 2.10. The summed E-state index contributed by atoms with van der Waals surface area (Å²) in [5.74, 6) is 0.0855. The standard InChI is InChI=1S/C17H20O3/c1-17(2,3)20-15-8-7-13-10-12(5-9-16(18)19)4-6-14(13)11-15/h4,6-8,10-11H,5,9H2,1-3H3,(H,18,19). The van der Waals surface area contributed by atoms with E-state index in [1.165, 1.54) is 0 Å². The first kappa shape index (κ1) is 14.4. The molecule has 0 saturated carbocycles. The van der Waals surface area contributed by atoms with Gasteiger partial charge in [-0.05, 0) is 55.7 Å². The van der Waals surface area contributed by atoms with E-state index in [0.717, 1.165) is 22.1 Å². The van der Waals surface area contributed by atoms with Crippen molar-refractivity contribution in [1.29, 1.82) is 0 Å². The smallest absolute Gasteiger partial charge is 0.303 e. The molecular formula is C17H20O3. The quantitative estimate of drug-likeness (QED) is 0.913. The van der Waals surface area contributed by atoms with Crippen molar-refractivity contribution >= 4 is 16.7 Å². The summed E-state index contributed by atoms with van der Waals surface area (Å²) in [5.41, 5.74) is 0.833. The van der Waals surface area contributed by atoms with E-state index < -0.39 is 5.97 Å². The van der Waals surface area contributed by atoms with Gasteiger partial charge in [0.1, 0.15) is 11.4 Å². The number of rotatable bonds is 4. The average molecular weight is 272 g/mol. The Balaban J connectivity index is 2.23. The number of hydrogen-bond acceptors (Lipinski definition) is 2. The lowest BCUT2D eigenvalue weighted by atomic mass is 10.0. The van der Waals surface area contributed by atoms with Crippen molar-refractivity contribution in [3.63, 3.8) is 0 Å². The molecule has 0 aliphatic carbocycles. The number of hydrogen-bond donors (Lipinski definition) is 1. The van der Waals surface area contributed by atoms with Crippen LogP contribution in [0.2, 0.25) is 0 Å². The summed E-state index contributed by atoms with van der Waals surface area (Å²) in [5, 5.41) is 10.9. The predicted molar refractivity (Wildman–Crippen MR) is 80.3 cm³/mol. The van der Waals surface area contributed by atoms with E-state index in [0.29, 0.717) is 6.42 Å². The van der Waals surface area contributed by atoms with Crippen molar-refractivity contribution in [1.82, 2.24) is 0 Å². The highest BCUT2D eigenvalue weighted by molar-refractivity contribution is 5.84. The number of aryl methyl sites for hydroxylation is 1. The van der Waals surface area contributed by atoms with Crippen molar-refractivity contribution in [3.05, 3.63) is 42.0 Å². The third-order valence-corrected chi connectivity index (χ3v) is 2.93. The molecule has 2 aromatic carbocycles. The summed E-state index contributed by atoms with van der Waals surface area (Å²) < 4.78 is 5.84.